The fourth-order valence-corrected chi connectivity index (χ4v) is 4.89. The van der Waals surface area contributed by atoms with Crippen molar-refractivity contribution in [3.8, 4) is 11.1 Å². The molecule has 8 nitrogen and oxygen atoms in total. The molecule has 2 amide bonds. The molecular weight excluding hydrogens is 424 g/mol. The first-order chi connectivity index (χ1) is 16.0. The Kier molecular flexibility index (Phi) is 5.54. The van der Waals surface area contributed by atoms with Crippen LogP contribution in [-0.4, -0.2) is 54.0 Å². The number of carbonyl (C=O) groups is 3. The molecule has 172 valence electrons. The first kappa shape index (κ1) is 21.5. The molecule has 2 aliphatic carbocycles. The number of hydrogen-bond acceptors (Lipinski definition) is 5. The molecule has 2 fully saturated rings. The molecule has 0 bridgehead atoms. The van der Waals surface area contributed by atoms with Crippen molar-refractivity contribution < 1.29 is 29.0 Å². The van der Waals surface area contributed by atoms with Crippen LogP contribution >= 0.6 is 0 Å². The lowest BCUT2D eigenvalue weighted by Gasteiger charge is -2.21. The van der Waals surface area contributed by atoms with Gasteiger partial charge < -0.3 is 25.2 Å². The maximum absolute atomic E-state index is 12.6. The average Bonchev–Trinajstić information content (AvgIpc) is 3.24. The van der Waals surface area contributed by atoms with Gasteiger partial charge in [-0.15, -0.1) is 0 Å². The minimum absolute atomic E-state index is 0.0306. The fraction of sp³-hybridized carbons (Fsp3) is 0.400. The third-order valence-corrected chi connectivity index (χ3v) is 6.74. The predicted octanol–water partition coefficient (Wildman–Crippen LogP) is 2.81. The zero-order valence-electron chi connectivity index (χ0n) is 18.1. The first-order valence-corrected chi connectivity index (χ1v) is 11.2. The van der Waals surface area contributed by atoms with E-state index in [1.54, 1.807) is 0 Å². The van der Waals surface area contributed by atoms with Crippen LogP contribution in [0.25, 0.3) is 11.1 Å². The van der Waals surface area contributed by atoms with Crippen LogP contribution in [0.4, 0.5) is 4.79 Å². The van der Waals surface area contributed by atoms with E-state index in [4.69, 9.17) is 9.47 Å². The van der Waals surface area contributed by atoms with Crippen LogP contribution in [0.5, 0.6) is 0 Å². The molecule has 1 aliphatic heterocycles. The van der Waals surface area contributed by atoms with Crippen LogP contribution in [0.1, 0.15) is 42.7 Å². The quantitative estimate of drug-likeness (QED) is 0.598. The number of fused-ring (bicyclic) bond motifs is 3. The molecule has 1 saturated heterocycles. The summed E-state index contributed by atoms with van der Waals surface area (Å²) >= 11 is 0. The standard InChI is InChI=1S/C25H26N2O6/c28-21(26-20-9-12-32-22(20)23(29)30)13-25(10-11-25)27-24(31)33-14-19-17-7-3-1-5-15(17)16-6-2-4-8-18(16)19/h1-8,19-20,22H,9-14H2,(H,26,28)(H,27,31)(H,29,30)/t20-,22+/m1/s1. The summed E-state index contributed by atoms with van der Waals surface area (Å²) in [6.45, 7) is 0.507. The summed E-state index contributed by atoms with van der Waals surface area (Å²) in [4.78, 5) is 36.3. The first-order valence-electron chi connectivity index (χ1n) is 11.2. The minimum atomic E-state index is -1.09. The number of carboxylic acids is 1. The van der Waals surface area contributed by atoms with Crippen molar-refractivity contribution in [2.24, 2.45) is 0 Å². The maximum Gasteiger partial charge on any atom is 0.407 e. The topological polar surface area (TPSA) is 114 Å². The van der Waals surface area contributed by atoms with Gasteiger partial charge in [0, 0.05) is 18.9 Å². The van der Waals surface area contributed by atoms with Gasteiger partial charge in [-0.2, -0.15) is 0 Å². The summed E-state index contributed by atoms with van der Waals surface area (Å²) in [7, 11) is 0. The third-order valence-electron chi connectivity index (χ3n) is 6.74. The maximum atomic E-state index is 12.6. The van der Waals surface area contributed by atoms with Crippen molar-refractivity contribution >= 4 is 18.0 Å². The molecule has 3 aliphatic rings. The molecule has 2 aromatic carbocycles. The van der Waals surface area contributed by atoms with Gasteiger partial charge in [-0.3, -0.25) is 4.79 Å². The van der Waals surface area contributed by atoms with E-state index in [2.05, 4.69) is 34.9 Å². The molecule has 5 rings (SSSR count). The second-order valence-corrected chi connectivity index (χ2v) is 9.00. The lowest BCUT2D eigenvalue weighted by atomic mass is 9.98. The number of amides is 2. The summed E-state index contributed by atoms with van der Waals surface area (Å²) in [6, 6.07) is 15.7. The lowest BCUT2D eigenvalue weighted by Crippen LogP contribution is -2.47. The Labute approximate surface area is 191 Å². The smallest absolute Gasteiger partial charge is 0.407 e. The Morgan fingerprint density at radius 2 is 1.67 bits per heavy atom. The monoisotopic (exact) mass is 450 g/mol. The predicted molar refractivity (Wildman–Crippen MR) is 119 cm³/mol. The molecular formula is C25H26N2O6. The minimum Gasteiger partial charge on any atom is -0.479 e. The van der Waals surface area contributed by atoms with E-state index in [0.29, 0.717) is 25.9 Å². The lowest BCUT2D eigenvalue weighted by molar-refractivity contribution is -0.148. The summed E-state index contributed by atoms with van der Waals surface area (Å²) in [5.41, 5.74) is 3.96. The molecule has 0 radical (unpaired) electrons. The molecule has 2 aromatic rings. The zero-order valence-corrected chi connectivity index (χ0v) is 18.1. The zero-order chi connectivity index (χ0) is 23.0. The van der Waals surface area contributed by atoms with Crippen LogP contribution in [0.2, 0.25) is 0 Å². The normalized spacial score (nSPS) is 22.2. The Balaban J connectivity index is 1.16. The molecule has 2 atom stereocenters. The number of carbonyl (C=O) groups excluding carboxylic acids is 2. The highest BCUT2D eigenvalue weighted by Gasteiger charge is 2.47. The number of ether oxygens (including phenoxy) is 2. The summed E-state index contributed by atoms with van der Waals surface area (Å²) < 4.78 is 10.8. The summed E-state index contributed by atoms with van der Waals surface area (Å²) in [6.07, 6.45) is 0.312. The third kappa shape index (κ3) is 4.30. The second kappa shape index (κ2) is 8.51. The van der Waals surface area contributed by atoms with Crippen LogP contribution in [0.15, 0.2) is 48.5 Å². The molecule has 1 heterocycles. The molecule has 0 unspecified atom stereocenters. The van der Waals surface area contributed by atoms with Gasteiger partial charge in [-0.1, -0.05) is 48.5 Å². The van der Waals surface area contributed by atoms with E-state index < -0.39 is 29.7 Å². The highest BCUT2D eigenvalue weighted by Crippen LogP contribution is 2.44. The number of aliphatic carboxylic acids is 1. The molecule has 33 heavy (non-hydrogen) atoms. The molecule has 0 spiro atoms. The van der Waals surface area contributed by atoms with Crippen LogP contribution in [-0.2, 0) is 19.1 Å². The van der Waals surface area contributed by atoms with Gasteiger partial charge in [0.2, 0.25) is 5.91 Å². The summed E-state index contributed by atoms with van der Waals surface area (Å²) in [5.74, 6) is -1.42. The number of alkyl carbamates (subject to hydrolysis) is 1. The van der Waals surface area contributed by atoms with Gasteiger partial charge in [-0.05, 0) is 41.5 Å². The SMILES string of the molecule is O=C(CC1(NC(=O)OCC2c3ccccc3-c3ccccc32)CC1)N[C@@H]1CCO[C@@H]1C(=O)O. The highest BCUT2D eigenvalue weighted by atomic mass is 16.5. The molecule has 1 saturated carbocycles. The van der Waals surface area contributed by atoms with Crippen molar-refractivity contribution in [2.75, 3.05) is 13.2 Å². The van der Waals surface area contributed by atoms with Gasteiger partial charge in [0.1, 0.15) is 6.61 Å². The number of nitrogens with one attached hydrogen (secondary N) is 2. The van der Waals surface area contributed by atoms with E-state index in [-0.39, 0.29) is 24.9 Å². The molecule has 8 heteroatoms. The number of rotatable bonds is 7. The average molecular weight is 450 g/mol. The number of carboxylic acid groups (broad SMARTS) is 1. The van der Waals surface area contributed by atoms with Gasteiger partial charge in [0.15, 0.2) is 6.10 Å². The highest BCUT2D eigenvalue weighted by molar-refractivity contribution is 5.82. The van der Waals surface area contributed by atoms with Crippen molar-refractivity contribution in [1.29, 1.82) is 0 Å². The van der Waals surface area contributed by atoms with Gasteiger partial charge >= 0.3 is 12.1 Å². The van der Waals surface area contributed by atoms with Crippen LogP contribution < -0.4 is 10.6 Å². The van der Waals surface area contributed by atoms with Crippen LogP contribution in [0, 0.1) is 0 Å². The van der Waals surface area contributed by atoms with Crippen LogP contribution in [0.3, 0.4) is 0 Å². The molecule has 3 N–H and O–H groups in total. The van der Waals surface area contributed by atoms with Crippen molar-refractivity contribution in [1.82, 2.24) is 10.6 Å². The van der Waals surface area contributed by atoms with E-state index in [1.807, 2.05) is 24.3 Å². The fourth-order valence-electron chi connectivity index (χ4n) is 4.89. The van der Waals surface area contributed by atoms with E-state index in [0.717, 1.165) is 22.3 Å². The number of hydrogen-bond donors (Lipinski definition) is 3. The van der Waals surface area contributed by atoms with E-state index in [9.17, 15) is 19.5 Å². The molecule has 0 aromatic heterocycles. The van der Waals surface area contributed by atoms with Crippen molar-refractivity contribution in [3.05, 3.63) is 59.7 Å². The Morgan fingerprint density at radius 3 is 2.27 bits per heavy atom. The van der Waals surface area contributed by atoms with Crippen molar-refractivity contribution in [2.45, 2.75) is 49.3 Å². The van der Waals surface area contributed by atoms with Gasteiger partial charge in [-0.25, -0.2) is 9.59 Å². The van der Waals surface area contributed by atoms with E-state index >= 15 is 0 Å². The number of benzene rings is 2. The van der Waals surface area contributed by atoms with E-state index in [1.165, 1.54) is 0 Å². The Hall–Kier alpha value is -3.39. The second-order valence-electron chi connectivity index (χ2n) is 9.00. The Bertz CT molecular complexity index is 1050. The summed E-state index contributed by atoms with van der Waals surface area (Å²) in [5, 5.41) is 14.8. The van der Waals surface area contributed by atoms with Gasteiger partial charge in [0.25, 0.3) is 0 Å². The van der Waals surface area contributed by atoms with Crippen molar-refractivity contribution in [3.63, 3.8) is 0 Å². The largest absolute Gasteiger partial charge is 0.479 e. The Morgan fingerprint density at radius 1 is 1.03 bits per heavy atom. The van der Waals surface area contributed by atoms with Gasteiger partial charge in [0.05, 0.1) is 11.6 Å².